The number of nitrogens with zero attached hydrogens (tertiary/aromatic N) is 1. The van der Waals surface area contributed by atoms with Crippen molar-refractivity contribution in [3.63, 3.8) is 0 Å². The Balaban J connectivity index is 2.03. The van der Waals surface area contributed by atoms with Crippen molar-refractivity contribution >= 4 is 21.6 Å². The molecule has 3 atom stereocenters. The van der Waals surface area contributed by atoms with E-state index in [2.05, 4.69) is 4.90 Å². The number of thioether (sulfide) groups is 1. The highest BCUT2D eigenvalue weighted by Gasteiger charge is 2.35. The first-order chi connectivity index (χ1) is 9.04. The molecule has 2 heterocycles. The van der Waals surface area contributed by atoms with Crippen molar-refractivity contribution in [3.05, 3.63) is 0 Å². The molecule has 2 saturated heterocycles. The molecule has 0 aromatic carbocycles. The zero-order chi connectivity index (χ0) is 13.9. The van der Waals surface area contributed by atoms with E-state index in [9.17, 15) is 8.42 Å². The summed E-state index contributed by atoms with van der Waals surface area (Å²) in [7, 11) is -3.02. The monoisotopic (exact) mass is 308 g/mol. The number of hydrogen-bond acceptors (Lipinski definition) is 6. The van der Waals surface area contributed by atoms with Crippen molar-refractivity contribution < 1.29 is 13.2 Å². The third-order valence-corrected chi connectivity index (χ3v) is 7.34. The summed E-state index contributed by atoms with van der Waals surface area (Å²) in [5.74, 6) is 2.14. The van der Waals surface area contributed by atoms with Gasteiger partial charge in [0.25, 0.3) is 0 Å². The minimum Gasteiger partial charge on any atom is -0.381 e. The molecule has 2 aliphatic heterocycles. The summed E-state index contributed by atoms with van der Waals surface area (Å²) in [6, 6.07) is 0.133. The van der Waals surface area contributed by atoms with Crippen LogP contribution in [-0.2, 0) is 14.6 Å². The Morgan fingerprint density at radius 3 is 2.95 bits per heavy atom. The average molecular weight is 308 g/mol. The van der Waals surface area contributed by atoms with Crippen LogP contribution in [0.2, 0.25) is 0 Å². The quantitative estimate of drug-likeness (QED) is 0.797. The number of rotatable bonds is 4. The lowest BCUT2D eigenvalue weighted by molar-refractivity contribution is 0.0254. The molecule has 19 heavy (non-hydrogen) atoms. The van der Waals surface area contributed by atoms with Gasteiger partial charge in [-0.15, -0.1) is 0 Å². The van der Waals surface area contributed by atoms with Crippen LogP contribution < -0.4 is 5.73 Å². The standard InChI is InChI=1S/C12H24N2O3S2/c1-2-19(15,16)12-9-18-6-4-14(12)7-10-8-17-5-3-11(10)13/h10-12H,2-9,13H2,1H3. The summed E-state index contributed by atoms with van der Waals surface area (Å²) in [6.07, 6.45) is 0.873. The topological polar surface area (TPSA) is 72.6 Å². The maximum atomic E-state index is 12.2. The van der Waals surface area contributed by atoms with Crippen molar-refractivity contribution in [2.45, 2.75) is 24.8 Å². The summed E-state index contributed by atoms with van der Waals surface area (Å²) in [5.41, 5.74) is 6.12. The Bertz CT molecular complexity index is 388. The lowest BCUT2D eigenvalue weighted by atomic mass is 9.96. The van der Waals surface area contributed by atoms with Crippen LogP contribution in [0.5, 0.6) is 0 Å². The second kappa shape index (κ2) is 6.76. The molecule has 3 unspecified atom stereocenters. The van der Waals surface area contributed by atoms with Gasteiger partial charge in [-0.25, -0.2) is 8.42 Å². The van der Waals surface area contributed by atoms with Crippen LogP contribution in [0, 0.1) is 5.92 Å². The predicted octanol–water partition coefficient (Wildman–Crippen LogP) is 0.160. The third kappa shape index (κ3) is 3.85. The molecule has 112 valence electrons. The van der Waals surface area contributed by atoms with Crippen molar-refractivity contribution in [3.8, 4) is 0 Å². The van der Waals surface area contributed by atoms with E-state index in [1.54, 1.807) is 18.7 Å². The Labute approximate surface area is 120 Å². The lowest BCUT2D eigenvalue weighted by Crippen LogP contribution is -2.53. The van der Waals surface area contributed by atoms with Crippen LogP contribution >= 0.6 is 11.8 Å². The van der Waals surface area contributed by atoms with Gasteiger partial charge in [-0.1, -0.05) is 6.92 Å². The lowest BCUT2D eigenvalue weighted by Gasteiger charge is -2.39. The van der Waals surface area contributed by atoms with Crippen LogP contribution in [0.3, 0.4) is 0 Å². The highest BCUT2D eigenvalue weighted by molar-refractivity contribution is 8.01. The molecule has 5 nitrogen and oxygen atoms in total. The maximum Gasteiger partial charge on any atom is 0.166 e. The highest BCUT2D eigenvalue weighted by Crippen LogP contribution is 2.24. The number of sulfone groups is 1. The molecule has 0 aliphatic carbocycles. The molecule has 0 aromatic heterocycles. The smallest absolute Gasteiger partial charge is 0.166 e. The summed E-state index contributed by atoms with van der Waals surface area (Å²) in [6.45, 7) is 4.68. The normalized spacial score (nSPS) is 34.3. The minimum atomic E-state index is -3.02. The largest absolute Gasteiger partial charge is 0.381 e. The molecule has 2 N–H and O–H groups in total. The first kappa shape index (κ1) is 15.6. The molecule has 0 amide bonds. The van der Waals surface area contributed by atoms with E-state index >= 15 is 0 Å². The van der Waals surface area contributed by atoms with Gasteiger partial charge in [0.15, 0.2) is 9.84 Å². The molecule has 2 aliphatic rings. The van der Waals surface area contributed by atoms with E-state index in [4.69, 9.17) is 10.5 Å². The van der Waals surface area contributed by atoms with E-state index in [-0.39, 0.29) is 23.1 Å². The molecular weight excluding hydrogens is 284 g/mol. The summed E-state index contributed by atoms with van der Waals surface area (Å²) in [5, 5.41) is -0.342. The van der Waals surface area contributed by atoms with Gasteiger partial charge in [-0.2, -0.15) is 11.8 Å². The Morgan fingerprint density at radius 2 is 2.26 bits per heavy atom. The molecule has 7 heteroatoms. The third-order valence-electron chi connectivity index (χ3n) is 4.01. The second-order valence-electron chi connectivity index (χ2n) is 5.26. The summed E-state index contributed by atoms with van der Waals surface area (Å²) in [4.78, 5) is 2.11. The van der Waals surface area contributed by atoms with Gasteiger partial charge in [0.2, 0.25) is 0 Å². The molecule has 2 fully saturated rings. The molecular formula is C12H24N2O3S2. The SMILES string of the molecule is CCS(=O)(=O)C1CSCCN1CC1COCCC1N. The van der Waals surface area contributed by atoms with Crippen molar-refractivity contribution in [2.75, 3.05) is 43.6 Å². The first-order valence-corrected chi connectivity index (χ1v) is 9.78. The van der Waals surface area contributed by atoms with Crippen LogP contribution in [-0.4, -0.2) is 68.3 Å². The summed E-state index contributed by atoms with van der Waals surface area (Å²) < 4.78 is 29.8. The van der Waals surface area contributed by atoms with Gasteiger partial charge in [0.1, 0.15) is 5.37 Å². The Hall–Kier alpha value is 0.180. The van der Waals surface area contributed by atoms with Gasteiger partial charge < -0.3 is 10.5 Å². The highest BCUT2D eigenvalue weighted by atomic mass is 32.2. The predicted molar refractivity (Wildman–Crippen MR) is 79.0 cm³/mol. The van der Waals surface area contributed by atoms with Gasteiger partial charge in [0.05, 0.1) is 6.61 Å². The van der Waals surface area contributed by atoms with Crippen molar-refractivity contribution in [1.82, 2.24) is 4.90 Å². The molecule has 0 radical (unpaired) electrons. The van der Waals surface area contributed by atoms with Gasteiger partial charge in [-0.3, -0.25) is 4.90 Å². The zero-order valence-electron chi connectivity index (χ0n) is 11.5. The van der Waals surface area contributed by atoms with Crippen molar-refractivity contribution in [2.24, 2.45) is 11.7 Å². The van der Waals surface area contributed by atoms with Crippen LogP contribution in [0.4, 0.5) is 0 Å². The average Bonchev–Trinajstić information content (AvgIpc) is 2.42. The van der Waals surface area contributed by atoms with E-state index in [0.29, 0.717) is 12.4 Å². The fraction of sp³-hybridized carbons (Fsp3) is 1.00. The van der Waals surface area contributed by atoms with Crippen LogP contribution in [0.1, 0.15) is 13.3 Å². The zero-order valence-corrected chi connectivity index (χ0v) is 13.1. The Morgan fingerprint density at radius 1 is 1.47 bits per heavy atom. The number of hydrogen-bond donors (Lipinski definition) is 1. The van der Waals surface area contributed by atoms with Gasteiger partial charge in [-0.05, 0) is 6.42 Å². The van der Waals surface area contributed by atoms with E-state index in [1.165, 1.54) is 0 Å². The first-order valence-electron chi connectivity index (χ1n) is 6.91. The Kier molecular flexibility index (Phi) is 5.54. The molecule has 2 rings (SSSR count). The van der Waals surface area contributed by atoms with E-state index in [0.717, 1.165) is 31.9 Å². The molecule has 0 aromatic rings. The molecule has 0 spiro atoms. The second-order valence-corrected chi connectivity index (χ2v) is 8.86. The fourth-order valence-corrected chi connectivity index (χ4v) is 5.74. The van der Waals surface area contributed by atoms with E-state index < -0.39 is 9.84 Å². The van der Waals surface area contributed by atoms with Crippen LogP contribution in [0.15, 0.2) is 0 Å². The van der Waals surface area contributed by atoms with Gasteiger partial charge >= 0.3 is 0 Å². The maximum absolute atomic E-state index is 12.2. The van der Waals surface area contributed by atoms with Crippen LogP contribution in [0.25, 0.3) is 0 Å². The molecule has 0 saturated carbocycles. The number of ether oxygens (including phenoxy) is 1. The number of nitrogens with two attached hydrogens (primary N) is 1. The van der Waals surface area contributed by atoms with Gasteiger partial charge in [0, 0.05) is 48.9 Å². The fourth-order valence-electron chi connectivity index (χ4n) is 2.65. The van der Waals surface area contributed by atoms with E-state index in [1.807, 2.05) is 0 Å². The minimum absolute atomic E-state index is 0.133. The molecule has 0 bridgehead atoms. The van der Waals surface area contributed by atoms with Crippen molar-refractivity contribution in [1.29, 1.82) is 0 Å². The summed E-state index contributed by atoms with van der Waals surface area (Å²) >= 11 is 1.73.